The van der Waals surface area contributed by atoms with Crippen LogP contribution in [0.1, 0.15) is 30.4 Å². The van der Waals surface area contributed by atoms with E-state index in [1.807, 2.05) is 0 Å². The van der Waals surface area contributed by atoms with Crippen LogP contribution >= 0.6 is 0 Å². The minimum absolute atomic E-state index is 0.0607. The molecule has 1 aliphatic heterocycles. The van der Waals surface area contributed by atoms with Crippen LogP contribution in [0.4, 0.5) is 8.78 Å². The second-order valence-electron chi connectivity index (χ2n) is 4.75. The van der Waals surface area contributed by atoms with Crippen LogP contribution in [0.15, 0.2) is 18.2 Å². The van der Waals surface area contributed by atoms with Gasteiger partial charge in [-0.1, -0.05) is 12.1 Å². The summed E-state index contributed by atoms with van der Waals surface area (Å²) < 4.78 is 31.3. The van der Waals surface area contributed by atoms with Crippen molar-refractivity contribution in [1.29, 1.82) is 0 Å². The fourth-order valence-electron chi connectivity index (χ4n) is 2.60. The van der Waals surface area contributed by atoms with E-state index in [9.17, 15) is 8.78 Å². The SMILES string of the molecule is COc1cccc(CC2CCCNC2)c1C(F)F. The zero-order chi connectivity index (χ0) is 13.0. The van der Waals surface area contributed by atoms with E-state index in [2.05, 4.69) is 5.32 Å². The number of hydrogen-bond donors (Lipinski definition) is 1. The minimum atomic E-state index is -2.48. The number of alkyl halides is 2. The van der Waals surface area contributed by atoms with Gasteiger partial charge in [-0.25, -0.2) is 8.78 Å². The fraction of sp³-hybridized carbons (Fsp3) is 0.571. The summed E-state index contributed by atoms with van der Waals surface area (Å²) in [4.78, 5) is 0. The molecule has 0 radical (unpaired) electrons. The van der Waals surface area contributed by atoms with Crippen LogP contribution in [-0.2, 0) is 6.42 Å². The zero-order valence-corrected chi connectivity index (χ0v) is 10.6. The van der Waals surface area contributed by atoms with Gasteiger partial charge in [0.25, 0.3) is 6.43 Å². The molecule has 1 atom stereocenters. The Morgan fingerprint density at radius 3 is 2.89 bits per heavy atom. The first kappa shape index (κ1) is 13.3. The quantitative estimate of drug-likeness (QED) is 0.892. The van der Waals surface area contributed by atoms with Crippen molar-refractivity contribution in [1.82, 2.24) is 5.32 Å². The van der Waals surface area contributed by atoms with E-state index in [0.29, 0.717) is 18.1 Å². The third-order valence-corrected chi connectivity index (χ3v) is 3.50. The van der Waals surface area contributed by atoms with Crippen molar-refractivity contribution in [2.75, 3.05) is 20.2 Å². The number of nitrogens with one attached hydrogen (secondary N) is 1. The first-order valence-corrected chi connectivity index (χ1v) is 6.37. The summed E-state index contributed by atoms with van der Waals surface area (Å²) in [5.41, 5.74) is 0.781. The van der Waals surface area contributed by atoms with Crippen molar-refractivity contribution in [3.8, 4) is 5.75 Å². The van der Waals surface area contributed by atoms with E-state index in [-0.39, 0.29) is 5.56 Å². The van der Waals surface area contributed by atoms with Gasteiger partial charge in [0.1, 0.15) is 5.75 Å². The van der Waals surface area contributed by atoms with E-state index >= 15 is 0 Å². The summed E-state index contributed by atoms with van der Waals surface area (Å²) in [6, 6.07) is 5.18. The molecule has 0 aromatic heterocycles. The Balaban J connectivity index is 2.20. The standard InChI is InChI=1S/C14H19F2NO/c1-18-12-6-2-5-11(13(12)14(15)16)8-10-4-3-7-17-9-10/h2,5-6,10,14,17H,3-4,7-9H2,1H3. The zero-order valence-electron chi connectivity index (χ0n) is 10.6. The van der Waals surface area contributed by atoms with E-state index in [4.69, 9.17) is 4.74 Å². The molecule has 1 aliphatic rings. The summed E-state index contributed by atoms with van der Waals surface area (Å²) in [5, 5.41) is 3.31. The number of benzene rings is 1. The van der Waals surface area contributed by atoms with Crippen LogP contribution in [0.25, 0.3) is 0 Å². The molecule has 0 saturated carbocycles. The monoisotopic (exact) mass is 255 g/mol. The molecule has 2 nitrogen and oxygen atoms in total. The maximum absolute atomic E-state index is 13.1. The number of ether oxygens (including phenoxy) is 1. The largest absolute Gasteiger partial charge is 0.496 e. The molecular weight excluding hydrogens is 236 g/mol. The lowest BCUT2D eigenvalue weighted by molar-refractivity contribution is 0.145. The normalized spacial score (nSPS) is 20.1. The first-order valence-electron chi connectivity index (χ1n) is 6.37. The molecule has 1 unspecified atom stereocenters. The molecule has 1 fully saturated rings. The topological polar surface area (TPSA) is 21.3 Å². The van der Waals surface area contributed by atoms with Crippen LogP contribution in [-0.4, -0.2) is 20.2 Å². The lowest BCUT2D eigenvalue weighted by atomic mass is 9.90. The Labute approximate surface area is 106 Å². The highest BCUT2D eigenvalue weighted by molar-refractivity contribution is 5.41. The number of methoxy groups -OCH3 is 1. The molecule has 100 valence electrons. The van der Waals surface area contributed by atoms with Crippen molar-refractivity contribution >= 4 is 0 Å². The van der Waals surface area contributed by atoms with Crippen LogP contribution in [0.2, 0.25) is 0 Å². The van der Waals surface area contributed by atoms with Gasteiger partial charge >= 0.3 is 0 Å². The van der Waals surface area contributed by atoms with Gasteiger partial charge < -0.3 is 10.1 Å². The van der Waals surface area contributed by atoms with Gasteiger partial charge in [0.15, 0.2) is 0 Å². The lowest BCUT2D eigenvalue weighted by Gasteiger charge is -2.24. The van der Waals surface area contributed by atoms with Crippen LogP contribution < -0.4 is 10.1 Å². The predicted molar refractivity (Wildman–Crippen MR) is 67.2 cm³/mol. The number of rotatable bonds is 4. The Morgan fingerprint density at radius 1 is 1.44 bits per heavy atom. The summed E-state index contributed by atoms with van der Waals surface area (Å²) in [6.45, 7) is 1.95. The molecule has 1 aromatic rings. The van der Waals surface area contributed by atoms with Crippen molar-refractivity contribution in [3.63, 3.8) is 0 Å². The third kappa shape index (κ3) is 2.99. The van der Waals surface area contributed by atoms with Crippen molar-refractivity contribution in [2.45, 2.75) is 25.7 Å². The molecule has 1 N–H and O–H groups in total. The molecule has 1 saturated heterocycles. The molecule has 18 heavy (non-hydrogen) atoms. The summed E-state index contributed by atoms with van der Waals surface area (Å²) >= 11 is 0. The number of piperidine rings is 1. The van der Waals surface area contributed by atoms with Crippen LogP contribution in [0.5, 0.6) is 5.75 Å². The minimum Gasteiger partial charge on any atom is -0.496 e. The van der Waals surface area contributed by atoms with Crippen molar-refractivity contribution in [2.24, 2.45) is 5.92 Å². The van der Waals surface area contributed by atoms with Gasteiger partial charge in [-0.15, -0.1) is 0 Å². The maximum atomic E-state index is 13.1. The second kappa shape index (κ2) is 6.14. The Bertz CT molecular complexity index is 389. The molecule has 4 heteroatoms. The molecule has 1 aromatic carbocycles. The van der Waals surface area contributed by atoms with Gasteiger partial charge in [-0.3, -0.25) is 0 Å². The summed E-state index contributed by atoms with van der Waals surface area (Å²) in [5.74, 6) is 0.745. The molecule has 0 spiro atoms. The molecule has 2 rings (SSSR count). The average molecular weight is 255 g/mol. The Hall–Kier alpha value is -1.16. The predicted octanol–water partition coefficient (Wildman–Crippen LogP) is 3.17. The number of hydrogen-bond acceptors (Lipinski definition) is 2. The molecule has 1 heterocycles. The van der Waals surface area contributed by atoms with E-state index in [1.54, 1.807) is 18.2 Å². The van der Waals surface area contributed by atoms with Crippen LogP contribution in [0.3, 0.4) is 0 Å². The van der Waals surface area contributed by atoms with Crippen LogP contribution in [0, 0.1) is 5.92 Å². The van der Waals surface area contributed by atoms with Gasteiger partial charge in [0, 0.05) is 0 Å². The van der Waals surface area contributed by atoms with E-state index in [0.717, 1.165) is 31.5 Å². The van der Waals surface area contributed by atoms with Gasteiger partial charge in [-0.05, 0) is 49.9 Å². The molecular formula is C14H19F2NO. The summed E-state index contributed by atoms with van der Waals surface area (Å²) in [6.07, 6.45) is 0.447. The van der Waals surface area contributed by atoms with Gasteiger partial charge in [0.2, 0.25) is 0 Å². The van der Waals surface area contributed by atoms with Crippen molar-refractivity contribution in [3.05, 3.63) is 29.3 Å². The average Bonchev–Trinajstić information content (AvgIpc) is 2.39. The Morgan fingerprint density at radius 2 is 2.28 bits per heavy atom. The highest BCUT2D eigenvalue weighted by atomic mass is 19.3. The second-order valence-corrected chi connectivity index (χ2v) is 4.75. The molecule has 0 aliphatic carbocycles. The number of halogens is 2. The maximum Gasteiger partial charge on any atom is 0.267 e. The molecule has 0 bridgehead atoms. The third-order valence-electron chi connectivity index (χ3n) is 3.50. The highest BCUT2D eigenvalue weighted by Gasteiger charge is 2.21. The highest BCUT2D eigenvalue weighted by Crippen LogP contribution is 2.33. The lowest BCUT2D eigenvalue weighted by Crippen LogP contribution is -2.31. The first-order chi connectivity index (χ1) is 8.72. The van der Waals surface area contributed by atoms with Crippen molar-refractivity contribution < 1.29 is 13.5 Å². The molecule has 0 amide bonds. The summed E-state index contributed by atoms with van der Waals surface area (Å²) in [7, 11) is 1.44. The van der Waals surface area contributed by atoms with E-state index < -0.39 is 6.43 Å². The fourth-order valence-corrected chi connectivity index (χ4v) is 2.60. The van der Waals surface area contributed by atoms with Gasteiger partial charge in [0.05, 0.1) is 12.7 Å². The van der Waals surface area contributed by atoms with E-state index in [1.165, 1.54) is 7.11 Å². The smallest absolute Gasteiger partial charge is 0.267 e. The van der Waals surface area contributed by atoms with Gasteiger partial charge in [-0.2, -0.15) is 0 Å². The Kier molecular flexibility index (Phi) is 4.53.